The van der Waals surface area contributed by atoms with Gasteiger partial charge in [0.25, 0.3) is 0 Å². The molecule has 0 aliphatic carbocycles. The highest BCUT2D eigenvalue weighted by Crippen LogP contribution is 2.29. The Kier molecular flexibility index (Phi) is 3.84. The van der Waals surface area contributed by atoms with Crippen LogP contribution in [-0.4, -0.2) is 31.7 Å². The summed E-state index contributed by atoms with van der Waals surface area (Å²) >= 11 is 0. The van der Waals surface area contributed by atoms with Crippen LogP contribution in [0, 0.1) is 5.82 Å². The molecule has 1 rings (SSSR count). The molecule has 0 spiro atoms. The molecule has 1 aromatic rings. The summed E-state index contributed by atoms with van der Waals surface area (Å²) in [5.41, 5.74) is 6.08. The number of anilines is 1. The minimum Gasteiger partial charge on any atom is -0.481 e. The molecular formula is C11H15FN2O2. The SMILES string of the molecule is CN(C)c1c(F)cccc1C(CN)C(=O)O. The van der Waals surface area contributed by atoms with Gasteiger partial charge in [0.05, 0.1) is 11.6 Å². The normalized spacial score (nSPS) is 12.2. The molecule has 0 saturated carbocycles. The van der Waals surface area contributed by atoms with Gasteiger partial charge >= 0.3 is 5.97 Å². The van der Waals surface area contributed by atoms with Crippen molar-refractivity contribution in [1.82, 2.24) is 0 Å². The molecule has 88 valence electrons. The van der Waals surface area contributed by atoms with Crippen LogP contribution in [-0.2, 0) is 4.79 Å². The van der Waals surface area contributed by atoms with Crippen molar-refractivity contribution < 1.29 is 14.3 Å². The van der Waals surface area contributed by atoms with Crippen LogP contribution in [0.2, 0.25) is 0 Å². The maximum atomic E-state index is 13.6. The van der Waals surface area contributed by atoms with E-state index >= 15 is 0 Å². The lowest BCUT2D eigenvalue weighted by Gasteiger charge is -2.21. The molecule has 1 aromatic carbocycles. The molecule has 1 atom stereocenters. The van der Waals surface area contributed by atoms with E-state index in [1.807, 2.05) is 0 Å². The zero-order valence-corrected chi connectivity index (χ0v) is 9.27. The van der Waals surface area contributed by atoms with E-state index in [9.17, 15) is 9.18 Å². The highest BCUT2D eigenvalue weighted by molar-refractivity contribution is 5.79. The third-order valence-corrected chi connectivity index (χ3v) is 2.37. The smallest absolute Gasteiger partial charge is 0.312 e. The molecule has 0 aliphatic heterocycles. The number of para-hydroxylation sites is 1. The number of carboxylic acids is 1. The van der Waals surface area contributed by atoms with Gasteiger partial charge in [-0.25, -0.2) is 4.39 Å². The number of hydrogen-bond acceptors (Lipinski definition) is 3. The van der Waals surface area contributed by atoms with Crippen LogP contribution in [0.25, 0.3) is 0 Å². The Hall–Kier alpha value is -1.62. The third-order valence-electron chi connectivity index (χ3n) is 2.37. The second-order valence-electron chi connectivity index (χ2n) is 3.70. The average Bonchev–Trinajstić information content (AvgIpc) is 2.17. The van der Waals surface area contributed by atoms with Crippen molar-refractivity contribution in [1.29, 1.82) is 0 Å². The Bertz CT molecular complexity index is 394. The number of nitrogens with two attached hydrogens (primary N) is 1. The van der Waals surface area contributed by atoms with Crippen LogP contribution in [0.3, 0.4) is 0 Å². The molecule has 0 heterocycles. The first-order valence-corrected chi connectivity index (χ1v) is 4.87. The second kappa shape index (κ2) is 4.94. The molecule has 0 saturated heterocycles. The van der Waals surface area contributed by atoms with E-state index in [0.717, 1.165) is 0 Å². The summed E-state index contributed by atoms with van der Waals surface area (Å²) < 4.78 is 13.6. The molecular weight excluding hydrogens is 211 g/mol. The number of halogens is 1. The fourth-order valence-corrected chi connectivity index (χ4v) is 1.65. The van der Waals surface area contributed by atoms with E-state index in [4.69, 9.17) is 10.8 Å². The Morgan fingerprint density at radius 2 is 2.19 bits per heavy atom. The predicted octanol–water partition coefficient (Wildman–Crippen LogP) is 1.02. The van der Waals surface area contributed by atoms with E-state index < -0.39 is 17.7 Å². The summed E-state index contributed by atoms with van der Waals surface area (Å²) in [6, 6.07) is 4.38. The Labute approximate surface area is 93.5 Å². The topological polar surface area (TPSA) is 66.6 Å². The van der Waals surface area contributed by atoms with E-state index in [1.165, 1.54) is 12.1 Å². The average molecular weight is 226 g/mol. The summed E-state index contributed by atoms with van der Waals surface area (Å²) in [6.07, 6.45) is 0. The molecule has 5 heteroatoms. The van der Waals surface area contributed by atoms with E-state index in [1.54, 1.807) is 25.1 Å². The zero-order chi connectivity index (χ0) is 12.3. The van der Waals surface area contributed by atoms with Crippen LogP contribution >= 0.6 is 0 Å². The van der Waals surface area contributed by atoms with Gasteiger partial charge in [-0.05, 0) is 11.6 Å². The fraction of sp³-hybridized carbons (Fsp3) is 0.364. The van der Waals surface area contributed by atoms with Crippen LogP contribution in [0.4, 0.5) is 10.1 Å². The van der Waals surface area contributed by atoms with Crippen molar-refractivity contribution in [2.75, 3.05) is 25.5 Å². The van der Waals surface area contributed by atoms with Crippen molar-refractivity contribution >= 4 is 11.7 Å². The second-order valence-corrected chi connectivity index (χ2v) is 3.70. The fourth-order valence-electron chi connectivity index (χ4n) is 1.65. The van der Waals surface area contributed by atoms with Gasteiger partial charge in [-0.2, -0.15) is 0 Å². The zero-order valence-electron chi connectivity index (χ0n) is 9.27. The van der Waals surface area contributed by atoms with Crippen molar-refractivity contribution in [3.63, 3.8) is 0 Å². The maximum absolute atomic E-state index is 13.6. The first-order valence-electron chi connectivity index (χ1n) is 4.87. The highest BCUT2D eigenvalue weighted by atomic mass is 19.1. The summed E-state index contributed by atoms with van der Waals surface area (Å²) in [7, 11) is 3.33. The van der Waals surface area contributed by atoms with Gasteiger partial charge < -0.3 is 15.7 Å². The number of rotatable bonds is 4. The van der Waals surface area contributed by atoms with Gasteiger partial charge in [-0.15, -0.1) is 0 Å². The Balaban J connectivity index is 3.31. The lowest BCUT2D eigenvalue weighted by molar-refractivity contribution is -0.138. The van der Waals surface area contributed by atoms with E-state index in [0.29, 0.717) is 5.56 Å². The quantitative estimate of drug-likeness (QED) is 0.804. The van der Waals surface area contributed by atoms with Gasteiger partial charge in [-0.1, -0.05) is 12.1 Å². The van der Waals surface area contributed by atoms with Crippen LogP contribution in [0.1, 0.15) is 11.5 Å². The van der Waals surface area contributed by atoms with Crippen LogP contribution in [0.5, 0.6) is 0 Å². The predicted molar refractivity (Wildman–Crippen MR) is 60.2 cm³/mol. The molecule has 3 N–H and O–H groups in total. The number of carbonyl (C=O) groups is 1. The monoisotopic (exact) mass is 226 g/mol. The molecule has 0 radical (unpaired) electrons. The van der Waals surface area contributed by atoms with E-state index in [-0.39, 0.29) is 12.2 Å². The first-order chi connectivity index (χ1) is 7.49. The molecule has 1 unspecified atom stereocenters. The third kappa shape index (κ3) is 2.30. The van der Waals surface area contributed by atoms with Gasteiger partial charge in [0, 0.05) is 20.6 Å². The van der Waals surface area contributed by atoms with Gasteiger partial charge in [0.1, 0.15) is 5.82 Å². The molecule has 16 heavy (non-hydrogen) atoms. The molecule has 0 aromatic heterocycles. The summed E-state index contributed by atoms with van der Waals surface area (Å²) in [5, 5.41) is 9.00. The van der Waals surface area contributed by atoms with Gasteiger partial charge in [0.15, 0.2) is 0 Å². The summed E-state index contributed by atoms with van der Waals surface area (Å²) in [6.45, 7) is -0.0559. The lowest BCUT2D eigenvalue weighted by atomic mass is 9.97. The Morgan fingerprint density at radius 3 is 2.62 bits per heavy atom. The molecule has 0 aliphatic rings. The standard InChI is InChI=1S/C11H15FN2O2/c1-14(2)10-7(4-3-5-9(10)12)8(6-13)11(15)16/h3-5,8H,6,13H2,1-2H3,(H,15,16). The number of hydrogen-bond donors (Lipinski definition) is 2. The van der Waals surface area contributed by atoms with Crippen molar-refractivity contribution in [3.05, 3.63) is 29.6 Å². The van der Waals surface area contributed by atoms with Crippen LogP contribution < -0.4 is 10.6 Å². The molecule has 4 nitrogen and oxygen atoms in total. The largest absolute Gasteiger partial charge is 0.481 e. The summed E-state index contributed by atoms with van der Waals surface area (Å²) in [5.74, 6) is -2.37. The highest BCUT2D eigenvalue weighted by Gasteiger charge is 2.23. The minimum absolute atomic E-state index is 0.0559. The molecule has 0 fully saturated rings. The van der Waals surface area contributed by atoms with Gasteiger partial charge in [0.2, 0.25) is 0 Å². The molecule has 0 amide bonds. The van der Waals surface area contributed by atoms with Gasteiger partial charge in [-0.3, -0.25) is 4.79 Å². The van der Waals surface area contributed by atoms with Crippen molar-refractivity contribution in [3.8, 4) is 0 Å². The van der Waals surface area contributed by atoms with E-state index in [2.05, 4.69) is 0 Å². The number of aliphatic carboxylic acids is 1. The van der Waals surface area contributed by atoms with Crippen LogP contribution in [0.15, 0.2) is 18.2 Å². The number of carboxylic acid groups (broad SMARTS) is 1. The van der Waals surface area contributed by atoms with Crippen molar-refractivity contribution in [2.24, 2.45) is 5.73 Å². The summed E-state index contributed by atoms with van der Waals surface area (Å²) in [4.78, 5) is 12.5. The lowest BCUT2D eigenvalue weighted by Crippen LogP contribution is -2.24. The first kappa shape index (κ1) is 12.4. The minimum atomic E-state index is -1.05. The Morgan fingerprint density at radius 1 is 1.56 bits per heavy atom. The number of benzene rings is 1. The maximum Gasteiger partial charge on any atom is 0.312 e. The number of nitrogens with zero attached hydrogens (tertiary/aromatic N) is 1. The molecule has 0 bridgehead atoms. The van der Waals surface area contributed by atoms with Crippen molar-refractivity contribution in [2.45, 2.75) is 5.92 Å².